The number of aromatic nitrogens is 1. The second-order valence-electron chi connectivity index (χ2n) is 7.49. The lowest BCUT2D eigenvalue weighted by atomic mass is 10.0. The van der Waals surface area contributed by atoms with Gasteiger partial charge < -0.3 is 30.2 Å². The van der Waals surface area contributed by atoms with Gasteiger partial charge >= 0.3 is 0 Å². The third-order valence-corrected chi connectivity index (χ3v) is 5.18. The highest BCUT2D eigenvalue weighted by molar-refractivity contribution is 5.89. The number of carbonyl (C=O) groups excluding carboxylic acids is 1. The predicted molar refractivity (Wildman–Crippen MR) is 124 cm³/mol. The molecule has 0 aliphatic rings. The summed E-state index contributed by atoms with van der Waals surface area (Å²) in [7, 11) is 1.54. The first kappa shape index (κ1) is 24.2. The van der Waals surface area contributed by atoms with E-state index in [1.807, 2.05) is 6.92 Å². The molecule has 1 atom stereocenters. The first-order chi connectivity index (χ1) is 15.9. The van der Waals surface area contributed by atoms with Crippen LogP contribution in [0.1, 0.15) is 13.3 Å². The molecule has 1 unspecified atom stereocenters. The summed E-state index contributed by atoms with van der Waals surface area (Å²) >= 11 is 0. The monoisotopic (exact) mass is 457 g/mol. The third kappa shape index (κ3) is 5.32. The Hall–Kier alpha value is -3.43. The number of nitrogens with two attached hydrogens (primary N) is 1. The minimum absolute atomic E-state index is 0.0877. The van der Waals surface area contributed by atoms with Crippen LogP contribution in [0, 0.1) is 5.82 Å². The van der Waals surface area contributed by atoms with Crippen molar-refractivity contribution in [1.29, 1.82) is 0 Å². The molecule has 9 heteroatoms. The number of rotatable bonds is 10. The van der Waals surface area contributed by atoms with Crippen molar-refractivity contribution in [3.8, 4) is 22.6 Å². The fraction of sp³-hybridized carbons (Fsp3) is 0.333. The van der Waals surface area contributed by atoms with Gasteiger partial charge in [0, 0.05) is 24.8 Å². The van der Waals surface area contributed by atoms with Crippen LogP contribution in [-0.2, 0) is 11.3 Å². The Balaban J connectivity index is 2.13. The van der Waals surface area contributed by atoms with E-state index in [1.54, 1.807) is 42.1 Å². The van der Waals surface area contributed by atoms with Crippen LogP contribution in [-0.4, -0.2) is 48.5 Å². The van der Waals surface area contributed by atoms with Crippen molar-refractivity contribution in [2.24, 2.45) is 5.73 Å². The second kappa shape index (κ2) is 10.9. The summed E-state index contributed by atoms with van der Waals surface area (Å²) in [5.41, 5.74) is 6.29. The van der Waals surface area contributed by atoms with Crippen molar-refractivity contribution in [3.63, 3.8) is 0 Å². The van der Waals surface area contributed by atoms with E-state index in [4.69, 9.17) is 20.3 Å². The number of fused-ring (bicyclic) bond motifs is 1. The highest BCUT2D eigenvalue weighted by atomic mass is 19.1. The van der Waals surface area contributed by atoms with Gasteiger partial charge in [-0.2, -0.15) is 0 Å². The zero-order valence-corrected chi connectivity index (χ0v) is 18.6. The number of ether oxygens (including phenoxy) is 2. The Morgan fingerprint density at radius 2 is 1.97 bits per heavy atom. The summed E-state index contributed by atoms with van der Waals surface area (Å²) in [6.45, 7) is 2.23. The van der Waals surface area contributed by atoms with Crippen LogP contribution in [0.25, 0.3) is 22.0 Å². The topological polar surface area (TPSA) is 116 Å². The molecule has 0 spiro atoms. The molecule has 1 aromatic heterocycles. The van der Waals surface area contributed by atoms with Gasteiger partial charge in [0.1, 0.15) is 23.4 Å². The molecule has 3 rings (SSSR count). The van der Waals surface area contributed by atoms with Gasteiger partial charge in [-0.3, -0.25) is 9.59 Å². The highest BCUT2D eigenvalue weighted by Gasteiger charge is 2.19. The number of hydrogen-bond donors (Lipinski definition) is 3. The number of nitrogens with zero attached hydrogens (tertiary/aromatic N) is 1. The quantitative estimate of drug-likeness (QED) is 0.429. The lowest BCUT2D eigenvalue weighted by Crippen LogP contribution is -2.43. The van der Waals surface area contributed by atoms with Gasteiger partial charge in [-0.25, -0.2) is 4.39 Å². The Bertz CT molecular complexity index is 1180. The zero-order chi connectivity index (χ0) is 24.0. The number of carbonyl (C=O) groups is 1. The van der Waals surface area contributed by atoms with Crippen LogP contribution < -0.4 is 26.0 Å². The van der Waals surface area contributed by atoms with Gasteiger partial charge in [0.2, 0.25) is 5.91 Å². The molecule has 2 aromatic carbocycles. The average Bonchev–Trinajstić information content (AvgIpc) is 2.84. The molecule has 0 saturated carbocycles. The Kier molecular flexibility index (Phi) is 8.02. The fourth-order valence-electron chi connectivity index (χ4n) is 3.46. The molecule has 0 saturated heterocycles. The van der Waals surface area contributed by atoms with E-state index < -0.39 is 29.8 Å². The number of methoxy groups -OCH3 is 1. The molecule has 0 aliphatic carbocycles. The molecule has 8 nitrogen and oxygen atoms in total. The molecule has 0 aliphatic heterocycles. The summed E-state index contributed by atoms with van der Waals surface area (Å²) in [6, 6.07) is 8.57. The molecule has 3 aromatic rings. The van der Waals surface area contributed by atoms with Crippen molar-refractivity contribution >= 4 is 16.8 Å². The number of nitrogens with one attached hydrogen (secondary N) is 1. The van der Waals surface area contributed by atoms with Crippen molar-refractivity contribution < 1.29 is 23.8 Å². The SMILES string of the molecule is CCCOc1ccc(F)c2c(=O)c(-c3ccc(OC)cc3)cn(CCNC(=O)C(N)CO)c12. The molecule has 176 valence electrons. The molecule has 1 amide bonds. The highest BCUT2D eigenvalue weighted by Crippen LogP contribution is 2.29. The van der Waals surface area contributed by atoms with Gasteiger partial charge in [-0.15, -0.1) is 0 Å². The Morgan fingerprint density at radius 1 is 1.24 bits per heavy atom. The summed E-state index contributed by atoms with van der Waals surface area (Å²) in [6.07, 6.45) is 2.37. The summed E-state index contributed by atoms with van der Waals surface area (Å²) in [4.78, 5) is 25.3. The van der Waals surface area contributed by atoms with Crippen LogP contribution in [0.15, 0.2) is 47.4 Å². The Labute approximate surface area is 190 Å². The molecule has 0 radical (unpaired) electrons. The first-order valence-electron chi connectivity index (χ1n) is 10.7. The molecule has 0 fully saturated rings. The number of benzene rings is 2. The lowest BCUT2D eigenvalue weighted by Gasteiger charge is -2.18. The van der Waals surface area contributed by atoms with Crippen LogP contribution in [0.3, 0.4) is 0 Å². The van der Waals surface area contributed by atoms with Gasteiger partial charge in [0.25, 0.3) is 0 Å². The summed E-state index contributed by atoms with van der Waals surface area (Å²) in [5, 5.41) is 11.6. The van der Waals surface area contributed by atoms with Gasteiger partial charge in [0.05, 0.1) is 31.2 Å². The minimum Gasteiger partial charge on any atom is -0.497 e. The maximum atomic E-state index is 14.9. The molecule has 1 heterocycles. The van der Waals surface area contributed by atoms with Gasteiger partial charge in [0.15, 0.2) is 5.43 Å². The van der Waals surface area contributed by atoms with Gasteiger partial charge in [-0.05, 0) is 36.2 Å². The lowest BCUT2D eigenvalue weighted by molar-refractivity contribution is -0.123. The maximum Gasteiger partial charge on any atom is 0.239 e. The van der Waals surface area contributed by atoms with Crippen LogP contribution in [0.2, 0.25) is 0 Å². The largest absolute Gasteiger partial charge is 0.497 e. The normalized spacial score (nSPS) is 11.9. The predicted octanol–water partition coefficient (Wildman–Crippen LogP) is 2.04. The van der Waals surface area contributed by atoms with Gasteiger partial charge in [-0.1, -0.05) is 19.1 Å². The van der Waals surface area contributed by atoms with E-state index in [2.05, 4.69) is 5.32 Å². The van der Waals surface area contributed by atoms with E-state index >= 15 is 0 Å². The summed E-state index contributed by atoms with van der Waals surface area (Å²) < 4.78 is 27.6. The van der Waals surface area contributed by atoms with E-state index in [0.717, 1.165) is 6.42 Å². The number of hydrogen-bond acceptors (Lipinski definition) is 6. The van der Waals surface area contributed by atoms with E-state index in [-0.39, 0.29) is 18.5 Å². The van der Waals surface area contributed by atoms with E-state index in [9.17, 15) is 14.0 Å². The number of aliphatic hydroxyl groups is 1. The third-order valence-electron chi connectivity index (χ3n) is 5.18. The minimum atomic E-state index is -1.04. The van der Waals surface area contributed by atoms with Crippen molar-refractivity contribution in [1.82, 2.24) is 9.88 Å². The van der Waals surface area contributed by atoms with E-state index in [1.165, 1.54) is 12.1 Å². The number of aliphatic hydroxyl groups excluding tert-OH is 1. The smallest absolute Gasteiger partial charge is 0.239 e. The molecular formula is C24H28FN3O5. The van der Waals surface area contributed by atoms with Crippen LogP contribution in [0.5, 0.6) is 11.5 Å². The second-order valence-corrected chi connectivity index (χ2v) is 7.49. The molecule has 33 heavy (non-hydrogen) atoms. The number of halogens is 1. The standard InChI is InChI=1S/C24H28FN3O5/c1-3-12-33-20-9-8-18(25)21-22(20)28(11-10-27-24(31)19(26)14-29)13-17(23(21)30)15-4-6-16(32-2)7-5-15/h4-9,13,19,29H,3,10-12,14,26H2,1-2H3,(H,27,31). The first-order valence-corrected chi connectivity index (χ1v) is 10.7. The van der Waals surface area contributed by atoms with Crippen LogP contribution in [0.4, 0.5) is 4.39 Å². The maximum absolute atomic E-state index is 14.9. The van der Waals surface area contributed by atoms with Crippen molar-refractivity contribution in [2.75, 3.05) is 26.9 Å². The van der Waals surface area contributed by atoms with Crippen molar-refractivity contribution in [2.45, 2.75) is 25.9 Å². The molecule has 4 N–H and O–H groups in total. The number of amides is 1. The number of pyridine rings is 1. The van der Waals surface area contributed by atoms with Crippen molar-refractivity contribution in [3.05, 3.63) is 58.6 Å². The fourth-order valence-corrected chi connectivity index (χ4v) is 3.46. The molecular weight excluding hydrogens is 429 g/mol. The van der Waals surface area contributed by atoms with E-state index in [0.29, 0.717) is 34.7 Å². The van der Waals surface area contributed by atoms with Crippen LogP contribution >= 0.6 is 0 Å². The average molecular weight is 458 g/mol. The molecule has 0 bridgehead atoms. The Morgan fingerprint density at radius 3 is 2.61 bits per heavy atom. The summed E-state index contributed by atoms with van der Waals surface area (Å²) in [5.74, 6) is -0.157. The zero-order valence-electron chi connectivity index (χ0n) is 18.6.